The van der Waals surface area contributed by atoms with Gasteiger partial charge in [0.05, 0.1) is 6.33 Å². The fraction of sp³-hybridized carbons (Fsp3) is 0.636. The van der Waals surface area contributed by atoms with E-state index in [4.69, 9.17) is 5.73 Å². The van der Waals surface area contributed by atoms with E-state index >= 15 is 0 Å². The maximum atomic E-state index is 11.3. The van der Waals surface area contributed by atoms with Gasteiger partial charge < -0.3 is 16.0 Å². The van der Waals surface area contributed by atoms with Crippen LogP contribution in [0, 0.1) is 5.92 Å². The Morgan fingerprint density at radius 1 is 1.56 bits per heavy atom. The van der Waals surface area contributed by atoms with Crippen molar-refractivity contribution in [2.45, 2.75) is 38.6 Å². The van der Waals surface area contributed by atoms with Gasteiger partial charge in [-0.3, -0.25) is 4.79 Å². The Bertz CT molecular complexity index is 409. The summed E-state index contributed by atoms with van der Waals surface area (Å²) in [5.41, 5.74) is 5.55. The molecule has 1 aliphatic rings. The van der Waals surface area contributed by atoms with Crippen molar-refractivity contribution in [2.75, 3.05) is 11.1 Å². The van der Waals surface area contributed by atoms with Crippen LogP contribution in [0.4, 0.5) is 11.5 Å². The smallest absolute Gasteiger partial charge is 0.276 e. The first-order valence-corrected chi connectivity index (χ1v) is 5.78. The number of nitrogens with two attached hydrogens (primary N) is 1. The van der Waals surface area contributed by atoms with Gasteiger partial charge in [0, 0.05) is 6.04 Å². The minimum atomic E-state index is -0.281. The highest BCUT2D eigenvalue weighted by atomic mass is 16.1. The second-order valence-corrected chi connectivity index (χ2v) is 4.47. The Hall–Kier alpha value is -1.52. The van der Waals surface area contributed by atoms with Crippen molar-refractivity contribution >= 4 is 11.5 Å². The number of aromatic nitrogens is 2. The summed E-state index contributed by atoms with van der Waals surface area (Å²) in [7, 11) is 0. The molecule has 4 N–H and O–H groups in total. The molecule has 5 nitrogen and oxygen atoms in total. The molecule has 0 bridgehead atoms. The van der Waals surface area contributed by atoms with Crippen LogP contribution in [0.2, 0.25) is 0 Å². The Morgan fingerprint density at radius 2 is 2.25 bits per heavy atom. The Kier molecular flexibility index (Phi) is 3.12. The monoisotopic (exact) mass is 222 g/mol. The van der Waals surface area contributed by atoms with Crippen molar-refractivity contribution in [3.63, 3.8) is 0 Å². The Balaban J connectivity index is 2.08. The van der Waals surface area contributed by atoms with E-state index in [0.29, 0.717) is 17.8 Å². The maximum Gasteiger partial charge on any atom is 0.276 e. The predicted molar refractivity (Wildman–Crippen MR) is 64.3 cm³/mol. The van der Waals surface area contributed by atoms with Crippen LogP contribution in [-0.2, 0) is 0 Å². The summed E-state index contributed by atoms with van der Waals surface area (Å²) in [6.45, 7) is 2.12. The number of aromatic amines is 1. The predicted octanol–water partition coefficient (Wildman–Crippen LogP) is 1.34. The lowest BCUT2D eigenvalue weighted by Gasteiger charge is -2.21. The van der Waals surface area contributed by atoms with E-state index < -0.39 is 0 Å². The molecule has 1 aromatic heterocycles. The summed E-state index contributed by atoms with van der Waals surface area (Å²) in [6, 6.07) is 0.319. The summed E-state index contributed by atoms with van der Waals surface area (Å²) in [5, 5.41) is 3.24. The van der Waals surface area contributed by atoms with Crippen molar-refractivity contribution in [3.8, 4) is 0 Å². The molecule has 1 fully saturated rings. The van der Waals surface area contributed by atoms with E-state index in [-0.39, 0.29) is 11.2 Å². The fourth-order valence-electron chi connectivity index (χ4n) is 2.32. The standard InChI is InChI=1S/C11H18N4O/c1-7(8-4-2-3-5-8)15-10-9(12)11(16)14-6-13-10/h6-8H,2-5,12H2,1H3,(H2,13,14,15,16). The van der Waals surface area contributed by atoms with Gasteiger partial charge in [-0.05, 0) is 25.7 Å². The highest BCUT2D eigenvalue weighted by Crippen LogP contribution is 2.29. The molecule has 0 aliphatic heterocycles. The van der Waals surface area contributed by atoms with Crippen LogP contribution in [-0.4, -0.2) is 16.0 Å². The van der Waals surface area contributed by atoms with E-state index in [1.165, 1.54) is 32.0 Å². The molecule has 1 saturated carbocycles. The van der Waals surface area contributed by atoms with Gasteiger partial charge in [-0.15, -0.1) is 0 Å². The molecule has 1 unspecified atom stereocenters. The van der Waals surface area contributed by atoms with Crippen LogP contribution in [0.25, 0.3) is 0 Å². The molecule has 16 heavy (non-hydrogen) atoms. The van der Waals surface area contributed by atoms with Gasteiger partial charge in [0.2, 0.25) is 0 Å². The molecular formula is C11H18N4O. The normalized spacial score (nSPS) is 18.6. The molecule has 0 aromatic carbocycles. The van der Waals surface area contributed by atoms with Gasteiger partial charge in [-0.1, -0.05) is 12.8 Å². The van der Waals surface area contributed by atoms with Crippen molar-refractivity contribution in [1.29, 1.82) is 0 Å². The first kappa shape index (κ1) is 11.0. The fourth-order valence-corrected chi connectivity index (χ4v) is 2.32. The lowest BCUT2D eigenvalue weighted by molar-refractivity contribution is 0.481. The number of nitrogens with one attached hydrogen (secondary N) is 2. The number of hydrogen-bond donors (Lipinski definition) is 3. The maximum absolute atomic E-state index is 11.3. The highest BCUT2D eigenvalue weighted by molar-refractivity contribution is 5.59. The second-order valence-electron chi connectivity index (χ2n) is 4.47. The molecule has 1 heterocycles. The molecular weight excluding hydrogens is 204 g/mol. The summed E-state index contributed by atoms with van der Waals surface area (Å²) < 4.78 is 0. The third-order valence-electron chi connectivity index (χ3n) is 3.36. The molecule has 0 spiro atoms. The first-order valence-electron chi connectivity index (χ1n) is 5.78. The van der Waals surface area contributed by atoms with Crippen LogP contribution in [0.3, 0.4) is 0 Å². The minimum Gasteiger partial charge on any atom is -0.391 e. The molecule has 1 atom stereocenters. The van der Waals surface area contributed by atoms with E-state index in [2.05, 4.69) is 22.2 Å². The van der Waals surface area contributed by atoms with Crippen molar-refractivity contribution in [3.05, 3.63) is 16.7 Å². The molecule has 1 aromatic rings. The quantitative estimate of drug-likeness (QED) is 0.720. The molecule has 88 valence electrons. The van der Waals surface area contributed by atoms with E-state index in [1.807, 2.05) is 0 Å². The largest absolute Gasteiger partial charge is 0.391 e. The molecule has 0 amide bonds. The van der Waals surface area contributed by atoms with Crippen molar-refractivity contribution < 1.29 is 0 Å². The van der Waals surface area contributed by atoms with Gasteiger partial charge >= 0.3 is 0 Å². The summed E-state index contributed by atoms with van der Waals surface area (Å²) >= 11 is 0. The van der Waals surface area contributed by atoms with E-state index in [0.717, 1.165) is 0 Å². The zero-order valence-electron chi connectivity index (χ0n) is 9.49. The lowest BCUT2D eigenvalue weighted by atomic mass is 10.00. The summed E-state index contributed by atoms with van der Waals surface area (Å²) in [6.07, 6.45) is 6.47. The third-order valence-corrected chi connectivity index (χ3v) is 3.36. The number of rotatable bonds is 3. The molecule has 0 radical (unpaired) electrons. The number of nitrogen functional groups attached to an aromatic ring is 1. The van der Waals surface area contributed by atoms with Crippen molar-refractivity contribution in [2.24, 2.45) is 5.92 Å². The Morgan fingerprint density at radius 3 is 2.94 bits per heavy atom. The zero-order valence-corrected chi connectivity index (χ0v) is 9.49. The Labute approximate surface area is 94.5 Å². The summed E-state index contributed by atoms with van der Waals surface area (Å²) in [5.74, 6) is 1.17. The molecule has 2 rings (SSSR count). The summed E-state index contributed by atoms with van der Waals surface area (Å²) in [4.78, 5) is 17.8. The number of anilines is 2. The van der Waals surface area contributed by atoms with Gasteiger partial charge in [-0.25, -0.2) is 4.98 Å². The average molecular weight is 222 g/mol. The average Bonchev–Trinajstić information content (AvgIpc) is 2.78. The van der Waals surface area contributed by atoms with Crippen LogP contribution in [0.1, 0.15) is 32.6 Å². The minimum absolute atomic E-state index is 0.173. The van der Waals surface area contributed by atoms with Crippen LogP contribution >= 0.6 is 0 Å². The lowest BCUT2D eigenvalue weighted by Crippen LogP contribution is -2.26. The third kappa shape index (κ3) is 2.18. The van der Waals surface area contributed by atoms with Gasteiger partial charge in [0.15, 0.2) is 5.82 Å². The molecule has 0 saturated heterocycles. The zero-order chi connectivity index (χ0) is 11.5. The van der Waals surface area contributed by atoms with Crippen molar-refractivity contribution in [1.82, 2.24) is 9.97 Å². The van der Waals surface area contributed by atoms with Crippen LogP contribution < -0.4 is 16.6 Å². The molecule has 5 heteroatoms. The number of hydrogen-bond acceptors (Lipinski definition) is 4. The number of nitrogens with zero attached hydrogens (tertiary/aromatic N) is 1. The van der Waals surface area contributed by atoms with E-state index in [1.54, 1.807) is 0 Å². The van der Waals surface area contributed by atoms with Crippen LogP contribution in [0.15, 0.2) is 11.1 Å². The van der Waals surface area contributed by atoms with Gasteiger partial charge in [-0.2, -0.15) is 0 Å². The number of H-pyrrole nitrogens is 1. The molecule has 1 aliphatic carbocycles. The SMILES string of the molecule is CC(Nc1nc[nH]c(=O)c1N)C1CCCC1. The first-order chi connectivity index (χ1) is 7.68. The van der Waals surface area contributed by atoms with Gasteiger partial charge in [0.1, 0.15) is 5.69 Å². The topological polar surface area (TPSA) is 83.8 Å². The van der Waals surface area contributed by atoms with Gasteiger partial charge in [0.25, 0.3) is 5.56 Å². The highest BCUT2D eigenvalue weighted by Gasteiger charge is 2.22. The van der Waals surface area contributed by atoms with E-state index in [9.17, 15) is 4.79 Å². The van der Waals surface area contributed by atoms with Crippen LogP contribution in [0.5, 0.6) is 0 Å². The second kappa shape index (κ2) is 4.55.